The van der Waals surface area contributed by atoms with Crippen molar-refractivity contribution < 1.29 is 23.7 Å². The number of hydrogen-bond acceptors (Lipinski definition) is 9. The Balaban J connectivity index is 0.00000456. The Kier molecular flexibility index (Phi) is 9.93. The summed E-state index contributed by atoms with van der Waals surface area (Å²) in [5.74, 6) is 0.287. The van der Waals surface area contributed by atoms with Crippen LogP contribution in [0, 0.1) is 0 Å². The highest BCUT2D eigenvalue weighted by Crippen LogP contribution is 2.38. The van der Waals surface area contributed by atoms with Gasteiger partial charge in [-0.05, 0) is 39.2 Å². The number of benzene rings is 1. The molecule has 0 atom stereocenters. The van der Waals surface area contributed by atoms with E-state index in [1.165, 1.54) is 38.0 Å². The average molecular weight is 526 g/mol. The van der Waals surface area contributed by atoms with Gasteiger partial charge >= 0.3 is 11.7 Å². The Morgan fingerprint density at radius 2 is 1.67 bits per heavy atom. The van der Waals surface area contributed by atoms with E-state index >= 15 is 0 Å². The molecule has 13 heteroatoms. The van der Waals surface area contributed by atoms with E-state index in [9.17, 15) is 14.4 Å². The number of hydrogen-bond donors (Lipinski definition) is 0. The summed E-state index contributed by atoms with van der Waals surface area (Å²) in [5.41, 5.74) is -0.189. The van der Waals surface area contributed by atoms with E-state index in [4.69, 9.17) is 18.9 Å². The lowest BCUT2D eigenvalue weighted by Crippen LogP contribution is -2.40. The van der Waals surface area contributed by atoms with Crippen LogP contribution >= 0.6 is 12.4 Å². The summed E-state index contributed by atoms with van der Waals surface area (Å²) in [7, 11) is 9.84. The number of fused-ring (bicyclic) bond motifs is 1. The van der Waals surface area contributed by atoms with Crippen molar-refractivity contribution in [2.45, 2.75) is 19.5 Å². The molecule has 1 aromatic carbocycles. The highest BCUT2D eigenvalue weighted by atomic mass is 35.5. The molecule has 0 N–H and O–H groups in total. The van der Waals surface area contributed by atoms with Crippen molar-refractivity contribution >= 4 is 29.5 Å². The van der Waals surface area contributed by atoms with Crippen LogP contribution in [0.5, 0.6) is 17.2 Å². The van der Waals surface area contributed by atoms with Crippen LogP contribution in [0.15, 0.2) is 28.0 Å². The molecule has 2 aromatic heterocycles. The fourth-order valence-corrected chi connectivity index (χ4v) is 3.76. The molecule has 0 saturated carbocycles. The van der Waals surface area contributed by atoms with Crippen molar-refractivity contribution in [3.8, 4) is 17.2 Å². The first-order chi connectivity index (χ1) is 16.7. The first kappa shape index (κ1) is 28.7. The molecule has 3 rings (SSSR count). The molecule has 0 amide bonds. The van der Waals surface area contributed by atoms with Crippen molar-refractivity contribution in [1.82, 2.24) is 23.6 Å². The molecule has 0 saturated heterocycles. The third-order valence-electron chi connectivity index (χ3n) is 5.55. The van der Waals surface area contributed by atoms with Crippen LogP contribution in [0.25, 0.3) is 11.2 Å². The van der Waals surface area contributed by atoms with E-state index in [1.54, 1.807) is 17.9 Å². The second-order valence-corrected chi connectivity index (χ2v) is 8.12. The van der Waals surface area contributed by atoms with Crippen LogP contribution in [0.1, 0.15) is 16.8 Å². The Hall–Kier alpha value is -3.51. The minimum Gasteiger partial charge on any atom is -0.493 e. The molecule has 0 aliphatic carbocycles. The van der Waals surface area contributed by atoms with Crippen LogP contribution in [0.3, 0.4) is 0 Å². The van der Waals surface area contributed by atoms with Gasteiger partial charge in [-0.25, -0.2) is 14.6 Å². The maximum Gasteiger partial charge on any atom is 0.338 e. The zero-order valence-electron chi connectivity index (χ0n) is 21.3. The molecule has 0 aliphatic rings. The van der Waals surface area contributed by atoms with E-state index in [0.717, 1.165) is 17.5 Å². The van der Waals surface area contributed by atoms with Crippen LogP contribution in [-0.2, 0) is 24.9 Å². The fourth-order valence-electron chi connectivity index (χ4n) is 3.76. The number of rotatable bonds is 11. The SMILES string of the molecule is COc1cc(C(=O)OCCn2c(=O)c3c(ncn3CCCN(C)C)n(C)c2=O)cc(OC)c1OC.Cl. The number of methoxy groups -OCH3 is 3. The van der Waals surface area contributed by atoms with E-state index in [1.807, 2.05) is 14.1 Å². The largest absolute Gasteiger partial charge is 0.493 e. The number of aromatic nitrogens is 4. The van der Waals surface area contributed by atoms with Gasteiger partial charge in [-0.15, -0.1) is 12.4 Å². The van der Waals surface area contributed by atoms with Gasteiger partial charge in [-0.3, -0.25) is 13.9 Å². The number of aryl methyl sites for hydroxylation is 2. The first-order valence-electron chi connectivity index (χ1n) is 11.0. The minimum atomic E-state index is -0.663. The van der Waals surface area contributed by atoms with Gasteiger partial charge in [0, 0.05) is 13.6 Å². The van der Waals surface area contributed by atoms with Gasteiger partial charge in [0.15, 0.2) is 22.7 Å². The Morgan fingerprint density at radius 1 is 1.03 bits per heavy atom. The summed E-state index contributed by atoms with van der Waals surface area (Å²) in [6.07, 6.45) is 2.38. The molecule has 0 unspecified atom stereocenters. The lowest BCUT2D eigenvalue weighted by molar-refractivity contribution is 0.0487. The monoisotopic (exact) mass is 525 g/mol. The zero-order valence-corrected chi connectivity index (χ0v) is 22.1. The van der Waals surface area contributed by atoms with Gasteiger partial charge in [-0.1, -0.05) is 0 Å². The average Bonchev–Trinajstić information content (AvgIpc) is 3.27. The Morgan fingerprint density at radius 3 is 2.22 bits per heavy atom. The predicted octanol–water partition coefficient (Wildman–Crippen LogP) is 1.15. The van der Waals surface area contributed by atoms with E-state index in [0.29, 0.717) is 35.0 Å². The molecule has 36 heavy (non-hydrogen) atoms. The van der Waals surface area contributed by atoms with Gasteiger partial charge in [0.2, 0.25) is 5.75 Å². The lowest BCUT2D eigenvalue weighted by atomic mass is 10.2. The molecule has 0 spiro atoms. The number of imidazole rings is 1. The summed E-state index contributed by atoms with van der Waals surface area (Å²) in [6, 6.07) is 2.93. The lowest BCUT2D eigenvalue weighted by Gasteiger charge is -2.14. The van der Waals surface area contributed by atoms with Gasteiger partial charge in [-0.2, -0.15) is 0 Å². The summed E-state index contributed by atoms with van der Waals surface area (Å²) in [4.78, 5) is 44.9. The predicted molar refractivity (Wildman–Crippen MR) is 136 cm³/mol. The van der Waals surface area contributed by atoms with E-state index in [2.05, 4.69) is 9.88 Å². The summed E-state index contributed by atoms with van der Waals surface area (Å²) in [5, 5.41) is 0. The molecule has 3 aromatic rings. The molecule has 2 heterocycles. The third-order valence-corrected chi connectivity index (χ3v) is 5.55. The molecule has 0 radical (unpaired) electrons. The third kappa shape index (κ3) is 5.82. The second-order valence-electron chi connectivity index (χ2n) is 8.12. The highest BCUT2D eigenvalue weighted by Gasteiger charge is 2.19. The van der Waals surface area contributed by atoms with Crippen LogP contribution in [0.4, 0.5) is 0 Å². The van der Waals surface area contributed by atoms with Crippen LogP contribution < -0.4 is 25.5 Å². The normalized spacial score (nSPS) is 10.9. The molecular formula is C23H32ClN5O7. The molecular weight excluding hydrogens is 494 g/mol. The first-order valence-corrected chi connectivity index (χ1v) is 11.0. The van der Waals surface area contributed by atoms with Crippen molar-refractivity contribution in [1.29, 1.82) is 0 Å². The second kappa shape index (κ2) is 12.5. The molecule has 12 nitrogen and oxygen atoms in total. The quantitative estimate of drug-likeness (QED) is 0.339. The topological polar surface area (TPSA) is 119 Å². The molecule has 0 aliphatic heterocycles. The van der Waals surface area contributed by atoms with Crippen LogP contribution in [0.2, 0.25) is 0 Å². The van der Waals surface area contributed by atoms with Crippen molar-refractivity contribution in [2.75, 3.05) is 48.6 Å². The van der Waals surface area contributed by atoms with Crippen molar-refractivity contribution in [3.63, 3.8) is 0 Å². The van der Waals surface area contributed by atoms with E-state index in [-0.39, 0.29) is 31.1 Å². The van der Waals surface area contributed by atoms with E-state index < -0.39 is 17.2 Å². The van der Waals surface area contributed by atoms with Gasteiger partial charge in [0.25, 0.3) is 5.56 Å². The summed E-state index contributed by atoms with van der Waals surface area (Å²) < 4.78 is 25.2. The maximum absolute atomic E-state index is 13.2. The number of esters is 1. The Bertz CT molecular complexity index is 1300. The van der Waals surface area contributed by atoms with Gasteiger partial charge in [0.05, 0.1) is 39.8 Å². The number of carbonyl (C=O) groups is 1. The smallest absolute Gasteiger partial charge is 0.338 e. The van der Waals surface area contributed by atoms with Gasteiger partial charge < -0.3 is 28.4 Å². The van der Waals surface area contributed by atoms with Crippen LogP contribution in [-0.4, -0.2) is 78.1 Å². The molecule has 198 valence electrons. The van der Waals surface area contributed by atoms with Crippen molar-refractivity contribution in [2.24, 2.45) is 7.05 Å². The molecule has 0 fully saturated rings. The zero-order chi connectivity index (χ0) is 25.7. The Labute approximate surface area is 214 Å². The van der Waals surface area contributed by atoms with Crippen molar-refractivity contribution in [3.05, 3.63) is 44.9 Å². The summed E-state index contributed by atoms with van der Waals surface area (Å²) >= 11 is 0. The molecule has 0 bridgehead atoms. The number of carbonyl (C=O) groups excluding carboxylic acids is 1. The van der Waals surface area contributed by atoms with Gasteiger partial charge in [0.1, 0.15) is 6.61 Å². The standard InChI is InChI=1S/C23H31N5O7.ClH/c1-25(2)8-7-9-27-14-24-20-18(27)21(29)28(23(31)26(20)3)10-11-35-22(30)15-12-16(32-4)19(34-6)17(13-15)33-5;/h12-14H,7-11H2,1-6H3;1H. The maximum atomic E-state index is 13.2. The number of nitrogens with zero attached hydrogens (tertiary/aromatic N) is 5. The summed E-state index contributed by atoms with van der Waals surface area (Å²) in [6.45, 7) is 1.13. The highest BCUT2D eigenvalue weighted by molar-refractivity contribution is 5.91. The fraction of sp³-hybridized carbons (Fsp3) is 0.478. The number of halogens is 1. The number of ether oxygens (including phenoxy) is 4. The minimum absolute atomic E-state index is 0.